The largest absolute Gasteiger partial charge is 0.396 e. The molecular formula is C25H25N5O3. The summed E-state index contributed by atoms with van der Waals surface area (Å²) in [4.78, 5) is 31.0. The molecule has 2 aromatic carbocycles. The number of hydrogen-bond acceptors (Lipinski definition) is 4. The van der Waals surface area contributed by atoms with E-state index in [4.69, 9.17) is 4.98 Å². The molecule has 3 heterocycles. The summed E-state index contributed by atoms with van der Waals surface area (Å²) in [5.74, 6) is 0.566. The standard InChI is InChI=1S/C25H25N5O3/c1-3-17-10-7-8-13-19(17)30-20(18-11-5-4-6-12-18)16-29-21-22(26-24(29)30)27(2)25(33)28(23(21)32)14-9-15-31/h4-8,10-13,16,31H,3,9,14-15H2,1-2H3. The summed E-state index contributed by atoms with van der Waals surface area (Å²) in [6.45, 7) is 2.15. The molecule has 0 aliphatic rings. The third-order valence-electron chi connectivity index (χ3n) is 6.07. The molecule has 0 spiro atoms. The number of hydrogen-bond donors (Lipinski definition) is 1. The van der Waals surface area contributed by atoms with Crippen LogP contribution in [0.5, 0.6) is 0 Å². The third-order valence-corrected chi connectivity index (χ3v) is 6.07. The molecule has 0 fully saturated rings. The Morgan fingerprint density at radius 2 is 1.73 bits per heavy atom. The fraction of sp³-hybridized carbons (Fsp3) is 0.240. The number of aromatic nitrogens is 5. The molecule has 0 saturated heterocycles. The second kappa shape index (κ2) is 8.22. The van der Waals surface area contributed by atoms with E-state index in [1.54, 1.807) is 11.4 Å². The molecule has 0 aliphatic carbocycles. The predicted molar refractivity (Wildman–Crippen MR) is 128 cm³/mol. The van der Waals surface area contributed by atoms with Crippen LogP contribution in [-0.4, -0.2) is 34.8 Å². The lowest BCUT2D eigenvalue weighted by Gasteiger charge is -2.13. The lowest BCUT2D eigenvalue weighted by Crippen LogP contribution is -2.39. The minimum atomic E-state index is -0.439. The normalized spacial score (nSPS) is 11.6. The van der Waals surface area contributed by atoms with Crippen molar-refractivity contribution in [3.8, 4) is 16.9 Å². The number of aliphatic hydroxyl groups is 1. The molecule has 0 aliphatic heterocycles. The zero-order valence-corrected chi connectivity index (χ0v) is 18.6. The molecule has 1 N–H and O–H groups in total. The van der Waals surface area contributed by atoms with E-state index < -0.39 is 11.2 Å². The number of benzene rings is 2. The van der Waals surface area contributed by atoms with Gasteiger partial charge in [-0.05, 0) is 24.5 Å². The van der Waals surface area contributed by atoms with Gasteiger partial charge in [0.05, 0.1) is 11.4 Å². The van der Waals surface area contributed by atoms with E-state index in [1.165, 1.54) is 9.13 Å². The van der Waals surface area contributed by atoms with Gasteiger partial charge in [-0.3, -0.25) is 22.9 Å². The van der Waals surface area contributed by atoms with Gasteiger partial charge in [-0.25, -0.2) is 4.79 Å². The molecule has 8 heteroatoms. The molecule has 0 unspecified atom stereocenters. The first-order valence-corrected chi connectivity index (χ1v) is 11.0. The van der Waals surface area contributed by atoms with E-state index in [2.05, 4.69) is 17.6 Å². The van der Waals surface area contributed by atoms with E-state index in [1.807, 2.05) is 54.7 Å². The van der Waals surface area contributed by atoms with Crippen LogP contribution in [0.2, 0.25) is 0 Å². The lowest BCUT2D eigenvalue weighted by molar-refractivity contribution is 0.277. The molecular weight excluding hydrogens is 418 g/mol. The highest BCUT2D eigenvalue weighted by molar-refractivity contribution is 5.79. The highest BCUT2D eigenvalue weighted by atomic mass is 16.3. The van der Waals surface area contributed by atoms with Crippen molar-refractivity contribution < 1.29 is 5.11 Å². The first-order valence-electron chi connectivity index (χ1n) is 11.0. The number of para-hydroxylation sites is 1. The zero-order chi connectivity index (χ0) is 23.1. The maximum Gasteiger partial charge on any atom is 0.332 e. The van der Waals surface area contributed by atoms with Gasteiger partial charge in [0.2, 0.25) is 5.78 Å². The van der Waals surface area contributed by atoms with Crippen LogP contribution in [0.3, 0.4) is 0 Å². The number of imidazole rings is 2. The molecule has 3 aromatic heterocycles. The number of nitrogens with zero attached hydrogens (tertiary/aromatic N) is 5. The average molecular weight is 444 g/mol. The number of fused-ring (bicyclic) bond motifs is 3. The second-order valence-electron chi connectivity index (χ2n) is 8.03. The van der Waals surface area contributed by atoms with Crippen molar-refractivity contribution in [2.24, 2.45) is 7.05 Å². The summed E-state index contributed by atoms with van der Waals surface area (Å²) in [7, 11) is 1.62. The van der Waals surface area contributed by atoms with Gasteiger partial charge in [0, 0.05) is 32.0 Å². The van der Waals surface area contributed by atoms with E-state index in [0.717, 1.165) is 28.9 Å². The van der Waals surface area contributed by atoms with E-state index >= 15 is 0 Å². The highest BCUT2D eigenvalue weighted by Gasteiger charge is 2.23. The van der Waals surface area contributed by atoms with Gasteiger partial charge < -0.3 is 5.11 Å². The molecule has 8 nitrogen and oxygen atoms in total. The van der Waals surface area contributed by atoms with Gasteiger partial charge in [-0.15, -0.1) is 0 Å². The van der Waals surface area contributed by atoms with Crippen molar-refractivity contribution in [1.82, 2.24) is 23.1 Å². The van der Waals surface area contributed by atoms with Crippen molar-refractivity contribution in [3.05, 3.63) is 87.2 Å². The Kier molecular flexibility index (Phi) is 5.22. The number of aliphatic hydroxyl groups excluding tert-OH is 1. The van der Waals surface area contributed by atoms with Gasteiger partial charge in [0.1, 0.15) is 0 Å². The summed E-state index contributed by atoms with van der Waals surface area (Å²) in [6.07, 6.45) is 3.07. The lowest BCUT2D eigenvalue weighted by atomic mass is 10.1. The molecule has 33 heavy (non-hydrogen) atoms. The van der Waals surface area contributed by atoms with Crippen molar-refractivity contribution in [2.45, 2.75) is 26.3 Å². The minimum Gasteiger partial charge on any atom is -0.396 e. The maximum atomic E-state index is 13.4. The van der Waals surface area contributed by atoms with Gasteiger partial charge in [0.25, 0.3) is 5.56 Å². The molecule has 0 amide bonds. The van der Waals surface area contributed by atoms with Crippen LogP contribution in [0.25, 0.3) is 33.9 Å². The van der Waals surface area contributed by atoms with Crippen molar-refractivity contribution in [1.29, 1.82) is 0 Å². The van der Waals surface area contributed by atoms with Crippen molar-refractivity contribution >= 4 is 16.9 Å². The smallest absolute Gasteiger partial charge is 0.332 e. The van der Waals surface area contributed by atoms with Crippen molar-refractivity contribution in [2.75, 3.05) is 6.61 Å². The molecule has 5 rings (SSSR count). The van der Waals surface area contributed by atoms with Crippen molar-refractivity contribution in [3.63, 3.8) is 0 Å². The fourth-order valence-electron chi connectivity index (χ4n) is 4.40. The van der Waals surface area contributed by atoms with Gasteiger partial charge in [-0.1, -0.05) is 55.5 Å². The fourth-order valence-corrected chi connectivity index (χ4v) is 4.40. The number of rotatable bonds is 6. The van der Waals surface area contributed by atoms with Crippen LogP contribution in [0.4, 0.5) is 0 Å². The van der Waals surface area contributed by atoms with Crippen LogP contribution in [0.1, 0.15) is 18.9 Å². The summed E-state index contributed by atoms with van der Waals surface area (Å²) in [6, 6.07) is 18.1. The van der Waals surface area contributed by atoms with Crippen LogP contribution < -0.4 is 11.2 Å². The molecule has 5 aromatic rings. The quantitative estimate of drug-likeness (QED) is 0.437. The molecule has 0 radical (unpaired) electrons. The molecule has 168 valence electrons. The van der Waals surface area contributed by atoms with Gasteiger partial charge in [-0.2, -0.15) is 4.98 Å². The van der Waals surface area contributed by atoms with E-state index in [-0.39, 0.29) is 13.2 Å². The van der Waals surface area contributed by atoms with Crippen LogP contribution in [-0.2, 0) is 20.0 Å². The summed E-state index contributed by atoms with van der Waals surface area (Å²) in [5.41, 5.74) is 3.85. The Bertz CT molecular complexity index is 1590. The van der Waals surface area contributed by atoms with Crippen LogP contribution >= 0.6 is 0 Å². The van der Waals surface area contributed by atoms with Crippen LogP contribution in [0, 0.1) is 0 Å². The SMILES string of the molecule is CCc1ccccc1-n1c(-c2ccccc2)cn2c3c(=O)n(CCCO)c(=O)n(C)c3nc12. The predicted octanol–water partition coefficient (Wildman–Crippen LogP) is 2.75. The maximum absolute atomic E-state index is 13.4. The first kappa shape index (κ1) is 21.0. The highest BCUT2D eigenvalue weighted by Crippen LogP contribution is 2.30. The zero-order valence-electron chi connectivity index (χ0n) is 18.6. The monoisotopic (exact) mass is 443 g/mol. The Labute approximate surface area is 189 Å². The second-order valence-corrected chi connectivity index (χ2v) is 8.03. The van der Waals surface area contributed by atoms with Crippen LogP contribution in [0.15, 0.2) is 70.4 Å². The van der Waals surface area contributed by atoms with E-state index in [0.29, 0.717) is 23.4 Å². The van der Waals surface area contributed by atoms with Gasteiger partial charge >= 0.3 is 5.69 Å². The average Bonchev–Trinajstić information content (AvgIpc) is 3.39. The molecule has 0 saturated carbocycles. The Hall–Kier alpha value is -3.91. The van der Waals surface area contributed by atoms with E-state index in [9.17, 15) is 14.7 Å². The van der Waals surface area contributed by atoms with Gasteiger partial charge in [0.15, 0.2) is 11.2 Å². The first-order chi connectivity index (χ1) is 16.1. The summed E-state index contributed by atoms with van der Waals surface area (Å²) < 4.78 is 6.41. The third kappa shape index (κ3) is 3.22. The Balaban J connectivity index is 1.93. The summed E-state index contributed by atoms with van der Waals surface area (Å²) in [5, 5.41) is 9.22. The molecule has 0 atom stereocenters. The topological polar surface area (TPSA) is 86.5 Å². The minimum absolute atomic E-state index is 0.0994. The summed E-state index contributed by atoms with van der Waals surface area (Å²) >= 11 is 0. The Morgan fingerprint density at radius 3 is 2.45 bits per heavy atom. The Morgan fingerprint density at radius 1 is 1.00 bits per heavy atom. The molecule has 0 bridgehead atoms. The number of aryl methyl sites for hydroxylation is 2.